The Labute approximate surface area is 172 Å². The Hall–Kier alpha value is -2.64. The Bertz CT molecular complexity index is 956. The molecule has 0 aromatic heterocycles. The van der Waals surface area contributed by atoms with E-state index in [0.717, 1.165) is 5.56 Å². The topological polar surface area (TPSA) is 84.7 Å². The molecule has 2 atom stereocenters. The largest absolute Gasteiger partial charge is 0.436 e. The molecule has 6 nitrogen and oxygen atoms in total. The lowest BCUT2D eigenvalue weighted by Crippen LogP contribution is -2.56. The van der Waals surface area contributed by atoms with Gasteiger partial charge in [-0.2, -0.15) is 0 Å². The van der Waals surface area contributed by atoms with Gasteiger partial charge in [0.25, 0.3) is 0 Å². The number of carbonyl (C=O) groups excluding carboxylic acids is 2. The SMILES string of the molecule is N[C@@H](Cc1ccccc1)C(=O)N1CCC[C@@]2(C1)OC(=O)Nc1ccc(Cl)c(F)c12. The van der Waals surface area contributed by atoms with Gasteiger partial charge in [0.1, 0.15) is 0 Å². The summed E-state index contributed by atoms with van der Waals surface area (Å²) in [7, 11) is 0. The third kappa shape index (κ3) is 3.68. The van der Waals surface area contributed by atoms with Crippen molar-refractivity contribution in [3.8, 4) is 0 Å². The molecule has 1 fully saturated rings. The number of hydrogen-bond donors (Lipinski definition) is 2. The predicted molar refractivity (Wildman–Crippen MR) is 107 cm³/mol. The first-order valence-electron chi connectivity index (χ1n) is 9.46. The quantitative estimate of drug-likeness (QED) is 0.801. The van der Waals surface area contributed by atoms with Gasteiger partial charge in [0.05, 0.1) is 28.9 Å². The van der Waals surface area contributed by atoms with Crippen LogP contribution in [-0.2, 0) is 21.6 Å². The monoisotopic (exact) mass is 417 g/mol. The lowest BCUT2D eigenvalue weighted by molar-refractivity contribution is -0.140. The molecule has 2 aliphatic rings. The molecule has 8 heteroatoms. The Morgan fingerprint density at radius 1 is 1.31 bits per heavy atom. The number of anilines is 1. The third-order valence-electron chi connectivity index (χ3n) is 5.46. The van der Waals surface area contributed by atoms with Crippen LogP contribution in [0.2, 0.25) is 5.02 Å². The second-order valence-electron chi connectivity index (χ2n) is 7.45. The maximum absolute atomic E-state index is 14.9. The van der Waals surface area contributed by atoms with Crippen LogP contribution in [0.1, 0.15) is 24.0 Å². The summed E-state index contributed by atoms with van der Waals surface area (Å²) in [6.07, 6.45) is 0.647. The fraction of sp³-hybridized carbons (Fsp3) is 0.333. The summed E-state index contributed by atoms with van der Waals surface area (Å²) in [5, 5.41) is 2.45. The van der Waals surface area contributed by atoms with Gasteiger partial charge in [-0.3, -0.25) is 10.1 Å². The van der Waals surface area contributed by atoms with Crippen molar-refractivity contribution in [1.29, 1.82) is 0 Å². The van der Waals surface area contributed by atoms with Crippen LogP contribution in [0.4, 0.5) is 14.9 Å². The summed E-state index contributed by atoms with van der Waals surface area (Å²) >= 11 is 5.98. The molecule has 3 N–H and O–H groups in total. The van der Waals surface area contributed by atoms with Crippen molar-refractivity contribution in [1.82, 2.24) is 4.90 Å². The standard InChI is InChI=1S/C21H21ClFN3O3/c22-14-7-8-16-17(18(14)23)21(29-20(28)25-16)9-4-10-26(12-21)19(27)15(24)11-13-5-2-1-3-6-13/h1-3,5-8,15H,4,9-12,24H2,(H,25,28)/t15-,21-/m0/s1. The summed E-state index contributed by atoms with van der Waals surface area (Å²) in [5.74, 6) is -0.904. The molecule has 0 radical (unpaired) electrons. The van der Waals surface area contributed by atoms with Crippen LogP contribution in [0.15, 0.2) is 42.5 Å². The highest BCUT2D eigenvalue weighted by Gasteiger charge is 2.48. The molecule has 0 bridgehead atoms. The van der Waals surface area contributed by atoms with Crippen molar-refractivity contribution in [2.45, 2.75) is 30.9 Å². The zero-order valence-corrected chi connectivity index (χ0v) is 16.4. The van der Waals surface area contributed by atoms with E-state index in [0.29, 0.717) is 31.5 Å². The summed E-state index contributed by atoms with van der Waals surface area (Å²) in [5.41, 5.74) is 6.33. The van der Waals surface area contributed by atoms with Crippen LogP contribution in [0.25, 0.3) is 0 Å². The number of benzene rings is 2. The maximum Gasteiger partial charge on any atom is 0.412 e. The van der Waals surface area contributed by atoms with Gasteiger partial charge in [-0.25, -0.2) is 9.18 Å². The van der Waals surface area contributed by atoms with Gasteiger partial charge in [0.2, 0.25) is 5.91 Å². The Morgan fingerprint density at radius 2 is 2.07 bits per heavy atom. The lowest BCUT2D eigenvalue weighted by atomic mass is 9.82. The molecule has 1 spiro atoms. The van der Waals surface area contributed by atoms with E-state index < -0.39 is 23.6 Å². The highest BCUT2D eigenvalue weighted by atomic mass is 35.5. The number of likely N-dealkylation sites (tertiary alicyclic amines) is 1. The smallest absolute Gasteiger partial charge is 0.412 e. The number of nitrogens with two attached hydrogens (primary N) is 1. The minimum atomic E-state index is -1.28. The molecule has 0 aliphatic carbocycles. The van der Waals surface area contributed by atoms with E-state index in [1.165, 1.54) is 6.07 Å². The molecule has 152 valence electrons. The highest BCUT2D eigenvalue weighted by molar-refractivity contribution is 6.31. The first-order valence-corrected chi connectivity index (χ1v) is 9.84. The van der Waals surface area contributed by atoms with Gasteiger partial charge in [0, 0.05) is 6.54 Å². The highest BCUT2D eigenvalue weighted by Crippen LogP contribution is 2.45. The van der Waals surface area contributed by atoms with Crippen LogP contribution in [0, 0.1) is 5.82 Å². The van der Waals surface area contributed by atoms with E-state index in [1.807, 2.05) is 30.3 Å². The number of hydrogen-bond acceptors (Lipinski definition) is 4. The van der Waals surface area contributed by atoms with Crippen molar-refractivity contribution in [3.05, 3.63) is 64.4 Å². The average Bonchev–Trinajstić information content (AvgIpc) is 2.70. The normalized spacial score (nSPS) is 21.9. The van der Waals surface area contributed by atoms with Gasteiger partial charge in [0.15, 0.2) is 11.4 Å². The second kappa shape index (κ2) is 7.65. The molecule has 2 aromatic carbocycles. The van der Waals surface area contributed by atoms with E-state index in [1.54, 1.807) is 11.0 Å². The fourth-order valence-corrected chi connectivity index (χ4v) is 4.31. The molecule has 4 rings (SSSR count). The van der Waals surface area contributed by atoms with Gasteiger partial charge >= 0.3 is 6.09 Å². The van der Waals surface area contributed by atoms with Crippen LogP contribution in [-0.4, -0.2) is 36.0 Å². The maximum atomic E-state index is 14.9. The van der Waals surface area contributed by atoms with Crippen molar-refractivity contribution in [2.24, 2.45) is 5.73 Å². The third-order valence-corrected chi connectivity index (χ3v) is 5.75. The zero-order chi connectivity index (χ0) is 20.6. The van der Waals surface area contributed by atoms with Crippen LogP contribution >= 0.6 is 11.6 Å². The molecule has 2 amide bonds. The molecule has 2 aromatic rings. The first-order chi connectivity index (χ1) is 13.9. The van der Waals surface area contributed by atoms with Gasteiger partial charge in [-0.1, -0.05) is 41.9 Å². The van der Waals surface area contributed by atoms with E-state index in [4.69, 9.17) is 22.1 Å². The van der Waals surface area contributed by atoms with E-state index in [-0.39, 0.29) is 23.0 Å². The average molecular weight is 418 g/mol. The zero-order valence-electron chi connectivity index (χ0n) is 15.7. The number of ether oxygens (including phenoxy) is 1. The van der Waals surface area contributed by atoms with E-state index >= 15 is 0 Å². The number of rotatable bonds is 3. The molecule has 1 saturated heterocycles. The summed E-state index contributed by atoms with van der Waals surface area (Å²) in [6.45, 7) is 0.498. The predicted octanol–water partition coefficient (Wildman–Crippen LogP) is 3.43. The number of piperidine rings is 1. The minimum Gasteiger partial charge on any atom is -0.436 e. The molecular formula is C21H21ClFN3O3. The lowest BCUT2D eigenvalue weighted by Gasteiger charge is -2.45. The second-order valence-corrected chi connectivity index (χ2v) is 7.86. The van der Waals surface area contributed by atoms with Crippen molar-refractivity contribution in [3.63, 3.8) is 0 Å². The van der Waals surface area contributed by atoms with Gasteiger partial charge in [-0.05, 0) is 37.0 Å². The minimum absolute atomic E-state index is 0.0337. The van der Waals surface area contributed by atoms with Crippen molar-refractivity contribution < 1.29 is 18.7 Å². The number of amides is 2. The summed E-state index contributed by atoms with van der Waals surface area (Å²) in [6, 6.07) is 11.7. The number of carbonyl (C=O) groups is 2. The van der Waals surface area contributed by atoms with E-state index in [2.05, 4.69) is 5.32 Å². The Balaban J connectivity index is 1.61. The number of halogens is 2. The number of nitrogens with one attached hydrogen (secondary N) is 1. The molecule has 0 saturated carbocycles. The Kier molecular flexibility index (Phi) is 5.19. The molecular weight excluding hydrogens is 397 g/mol. The fourth-order valence-electron chi connectivity index (χ4n) is 4.15. The van der Waals surface area contributed by atoms with Crippen molar-refractivity contribution in [2.75, 3.05) is 18.4 Å². The number of fused-ring (bicyclic) bond motifs is 2. The van der Waals surface area contributed by atoms with Gasteiger partial charge < -0.3 is 15.4 Å². The van der Waals surface area contributed by atoms with Crippen molar-refractivity contribution >= 4 is 29.3 Å². The van der Waals surface area contributed by atoms with E-state index in [9.17, 15) is 14.0 Å². The summed E-state index contributed by atoms with van der Waals surface area (Å²) in [4.78, 5) is 26.7. The van der Waals surface area contributed by atoms with Crippen LogP contribution < -0.4 is 11.1 Å². The van der Waals surface area contributed by atoms with Crippen LogP contribution in [0.5, 0.6) is 0 Å². The molecule has 29 heavy (non-hydrogen) atoms. The first kappa shape index (κ1) is 19.7. The van der Waals surface area contributed by atoms with Gasteiger partial charge in [-0.15, -0.1) is 0 Å². The molecule has 0 unspecified atom stereocenters. The Morgan fingerprint density at radius 3 is 2.83 bits per heavy atom. The number of nitrogens with zero attached hydrogens (tertiary/aromatic N) is 1. The molecule has 2 aliphatic heterocycles. The summed E-state index contributed by atoms with van der Waals surface area (Å²) < 4.78 is 20.5. The van der Waals surface area contributed by atoms with Crippen LogP contribution in [0.3, 0.4) is 0 Å². The molecule has 2 heterocycles.